The largest absolute Gasteiger partial charge is 0.351 e. The van der Waals surface area contributed by atoms with Gasteiger partial charge in [-0.1, -0.05) is 0 Å². The van der Waals surface area contributed by atoms with E-state index in [0.29, 0.717) is 23.9 Å². The molecule has 2 N–H and O–H groups in total. The summed E-state index contributed by atoms with van der Waals surface area (Å²) in [6, 6.07) is 0. The summed E-state index contributed by atoms with van der Waals surface area (Å²) < 4.78 is 0. The van der Waals surface area contributed by atoms with Crippen LogP contribution in [0, 0.1) is 5.92 Å². The highest BCUT2D eigenvalue weighted by atomic mass is 35.5. The second-order valence-electron chi connectivity index (χ2n) is 5.39. The van der Waals surface area contributed by atoms with Crippen molar-refractivity contribution in [1.82, 2.24) is 25.6 Å². The van der Waals surface area contributed by atoms with Crippen molar-refractivity contribution in [2.24, 2.45) is 5.92 Å². The minimum absolute atomic E-state index is 0. The molecule has 2 aromatic heterocycles. The van der Waals surface area contributed by atoms with Crippen molar-refractivity contribution in [3.8, 4) is 10.7 Å². The van der Waals surface area contributed by atoms with Gasteiger partial charge in [0.05, 0.1) is 6.20 Å². The molecule has 0 bridgehead atoms. The molecular formula is C15H21Cl2N5OS. The average molecular weight is 390 g/mol. The number of rotatable bonds is 5. The van der Waals surface area contributed by atoms with Gasteiger partial charge in [-0.3, -0.25) is 14.8 Å². The first-order chi connectivity index (χ1) is 10.8. The Morgan fingerprint density at radius 1 is 1.38 bits per heavy atom. The number of hydrogen-bond acceptors (Lipinski definition) is 6. The van der Waals surface area contributed by atoms with Crippen LogP contribution in [-0.2, 0) is 0 Å². The molecule has 9 heteroatoms. The van der Waals surface area contributed by atoms with Crippen molar-refractivity contribution in [3.05, 3.63) is 29.7 Å². The Balaban J connectivity index is 0.00000144. The zero-order valence-electron chi connectivity index (χ0n) is 13.1. The third kappa shape index (κ3) is 5.66. The van der Waals surface area contributed by atoms with Crippen LogP contribution in [0.1, 0.15) is 29.8 Å². The summed E-state index contributed by atoms with van der Waals surface area (Å²) >= 11 is 1.41. The van der Waals surface area contributed by atoms with Gasteiger partial charge in [0.15, 0.2) is 0 Å². The van der Waals surface area contributed by atoms with Gasteiger partial charge in [-0.05, 0) is 38.3 Å². The van der Waals surface area contributed by atoms with Gasteiger partial charge in [-0.2, -0.15) is 0 Å². The minimum Gasteiger partial charge on any atom is -0.351 e. The van der Waals surface area contributed by atoms with Gasteiger partial charge in [0, 0.05) is 24.3 Å². The van der Waals surface area contributed by atoms with Crippen molar-refractivity contribution in [3.63, 3.8) is 0 Å². The molecule has 3 rings (SSSR count). The lowest BCUT2D eigenvalue weighted by Gasteiger charge is -2.22. The number of carbonyl (C=O) groups is 1. The molecule has 24 heavy (non-hydrogen) atoms. The fourth-order valence-electron chi connectivity index (χ4n) is 2.56. The lowest BCUT2D eigenvalue weighted by atomic mass is 9.96. The number of carbonyl (C=O) groups excluding carboxylic acids is 1. The molecule has 0 saturated carbocycles. The zero-order valence-corrected chi connectivity index (χ0v) is 15.6. The van der Waals surface area contributed by atoms with Crippen LogP contribution < -0.4 is 10.6 Å². The number of nitrogens with one attached hydrogen (secondary N) is 2. The van der Waals surface area contributed by atoms with Gasteiger partial charge < -0.3 is 10.6 Å². The van der Waals surface area contributed by atoms with E-state index in [-0.39, 0.29) is 30.7 Å². The van der Waals surface area contributed by atoms with Crippen molar-refractivity contribution in [1.29, 1.82) is 0 Å². The highest BCUT2D eigenvalue weighted by Gasteiger charge is 2.15. The Kier molecular flexibility index (Phi) is 9.13. The molecule has 1 fully saturated rings. The van der Waals surface area contributed by atoms with E-state index in [0.717, 1.165) is 24.5 Å². The molecule has 0 spiro atoms. The molecular weight excluding hydrogens is 369 g/mol. The molecule has 6 nitrogen and oxygen atoms in total. The van der Waals surface area contributed by atoms with Crippen molar-refractivity contribution in [2.75, 3.05) is 19.6 Å². The van der Waals surface area contributed by atoms with E-state index in [9.17, 15) is 4.79 Å². The molecule has 1 saturated heterocycles. The smallest absolute Gasteiger partial charge is 0.270 e. The predicted octanol–water partition coefficient (Wildman–Crippen LogP) is 2.56. The Morgan fingerprint density at radius 3 is 2.96 bits per heavy atom. The summed E-state index contributed by atoms with van der Waals surface area (Å²) in [6.45, 7) is 2.87. The summed E-state index contributed by atoms with van der Waals surface area (Å²) in [5.74, 6) is 0.551. The van der Waals surface area contributed by atoms with Crippen molar-refractivity contribution in [2.45, 2.75) is 19.3 Å². The molecule has 0 aromatic carbocycles. The van der Waals surface area contributed by atoms with Crippen LogP contribution in [0.2, 0.25) is 0 Å². The highest BCUT2D eigenvalue weighted by molar-refractivity contribution is 7.13. The summed E-state index contributed by atoms with van der Waals surface area (Å²) in [4.78, 5) is 24.7. The molecule has 2 aromatic rings. The number of thiazole rings is 1. The number of nitrogens with zero attached hydrogens (tertiary/aromatic N) is 3. The van der Waals surface area contributed by atoms with Gasteiger partial charge in [0.25, 0.3) is 5.91 Å². The van der Waals surface area contributed by atoms with E-state index >= 15 is 0 Å². The van der Waals surface area contributed by atoms with Crippen LogP contribution in [-0.4, -0.2) is 40.5 Å². The fourth-order valence-corrected chi connectivity index (χ4v) is 3.32. The van der Waals surface area contributed by atoms with Crippen LogP contribution in [0.4, 0.5) is 0 Å². The van der Waals surface area contributed by atoms with E-state index < -0.39 is 0 Å². The Morgan fingerprint density at radius 2 is 2.25 bits per heavy atom. The quantitative estimate of drug-likeness (QED) is 0.820. The van der Waals surface area contributed by atoms with Crippen molar-refractivity contribution >= 4 is 42.1 Å². The highest BCUT2D eigenvalue weighted by Crippen LogP contribution is 2.20. The second-order valence-corrected chi connectivity index (χ2v) is 6.24. The molecule has 132 valence electrons. The standard InChI is InChI=1S/C15H19N5OS.2ClH/c21-14(19-5-3-11-2-1-4-16-8-11)13-10-22-15(20-13)12-9-17-6-7-18-12;;/h6-7,9-11,16H,1-5,8H2,(H,19,21);2*1H. The Bertz CT molecular complexity index is 619. The second kappa shape index (κ2) is 10.6. The first-order valence-corrected chi connectivity index (χ1v) is 8.42. The number of piperidine rings is 1. The van der Waals surface area contributed by atoms with E-state index in [1.807, 2.05) is 0 Å². The van der Waals surface area contributed by atoms with Crippen LogP contribution in [0.3, 0.4) is 0 Å². The predicted molar refractivity (Wildman–Crippen MR) is 100 cm³/mol. The van der Waals surface area contributed by atoms with Crippen LogP contribution >= 0.6 is 36.2 Å². The molecule has 1 amide bonds. The molecule has 0 aliphatic carbocycles. The van der Waals surface area contributed by atoms with Crippen molar-refractivity contribution < 1.29 is 4.79 Å². The maximum Gasteiger partial charge on any atom is 0.270 e. The third-order valence-electron chi connectivity index (χ3n) is 3.76. The normalized spacial score (nSPS) is 16.6. The van der Waals surface area contributed by atoms with E-state index in [1.165, 1.54) is 24.2 Å². The van der Waals surface area contributed by atoms with Crippen LogP contribution in [0.25, 0.3) is 10.7 Å². The van der Waals surface area contributed by atoms with Gasteiger partial charge in [0.2, 0.25) is 0 Å². The summed E-state index contributed by atoms with van der Waals surface area (Å²) in [5, 5.41) is 8.83. The third-order valence-corrected chi connectivity index (χ3v) is 4.62. The van der Waals surface area contributed by atoms with Gasteiger partial charge in [-0.25, -0.2) is 4.98 Å². The lowest BCUT2D eigenvalue weighted by molar-refractivity contribution is 0.0946. The molecule has 1 aliphatic heterocycles. The van der Waals surface area contributed by atoms with Gasteiger partial charge in [0.1, 0.15) is 16.4 Å². The maximum absolute atomic E-state index is 12.1. The first kappa shape index (κ1) is 20.8. The Labute approximate surface area is 157 Å². The lowest BCUT2D eigenvalue weighted by Crippen LogP contribution is -2.33. The molecule has 0 radical (unpaired) electrons. The van der Waals surface area contributed by atoms with Gasteiger partial charge >= 0.3 is 0 Å². The van der Waals surface area contributed by atoms with E-state index in [2.05, 4.69) is 25.6 Å². The minimum atomic E-state index is -0.116. The summed E-state index contributed by atoms with van der Waals surface area (Å²) in [7, 11) is 0. The molecule has 1 atom stereocenters. The number of aromatic nitrogens is 3. The molecule has 1 aliphatic rings. The summed E-state index contributed by atoms with van der Waals surface area (Å²) in [5.41, 5.74) is 1.15. The molecule has 1 unspecified atom stereocenters. The Hall–Kier alpha value is -1.28. The topological polar surface area (TPSA) is 79.8 Å². The van der Waals surface area contributed by atoms with Crippen LogP contribution in [0.5, 0.6) is 0 Å². The first-order valence-electron chi connectivity index (χ1n) is 7.54. The maximum atomic E-state index is 12.1. The summed E-state index contributed by atoms with van der Waals surface area (Å²) in [6.07, 6.45) is 8.37. The zero-order chi connectivity index (χ0) is 15.2. The SMILES string of the molecule is Cl.Cl.O=C(NCCC1CCCNC1)c1csc(-c2cnccn2)n1. The van der Waals surface area contributed by atoms with E-state index in [1.54, 1.807) is 24.0 Å². The molecule has 3 heterocycles. The van der Waals surface area contributed by atoms with E-state index in [4.69, 9.17) is 0 Å². The number of hydrogen-bond donors (Lipinski definition) is 2. The number of amides is 1. The average Bonchev–Trinajstić information content (AvgIpc) is 3.07. The fraction of sp³-hybridized carbons (Fsp3) is 0.467. The van der Waals surface area contributed by atoms with Gasteiger partial charge in [-0.15, -0.1) is 36.2 Å². The van der Waals surface area contributed by atoms with Crippen LogP contribution in [0.15, 0.2) is 24.0 Å². The monoisotopic (exact) mass is 389 g/mol. The number of halogens is 2.